The van der Waals surface area contributed by atoms with E-state index in [1.807, 2.05) is 0 Å². The largest absolute Gasteiger partial charge is 0.382 e. The van der Waals surface area contributed by atoms with E-state index < -0.39 is 10.8 Å². The summed E-state index contributed by atoms with van der Waals surface area (Å²) in [6, 6.07) is 4.82. The molecule has 2 rings (SSSR count). The molecule has 1 fully saturated rings. The summed E-state index contributed by atoms with van der Waals surface area (Å²) in [5.41, 5.74) is 3.69. The van der Waals surface area contributed by atoms with Crippen LogP contribution in [0.2, 0.25) is 0 Å². The second-order valence-electron chi connectivity index (χ2n) is 4.69. The second kappa shape index (κ2) is 5.53. The summed E-state index contributed by atoms with van der Waals surface area (Å²) in [4.78, 5) is 0. The zero-order valence-corrected chi connectivity index (χ0v) is 12.7. The van der Waals surface area contributed by atoms with Crippen LogP contribution in [0.5, 0.6) is 0 Å². The molecule has 0 aliphatic carbocycles. The minimum atomic E-state index is -0.579. The summed E-state index contributed by atoms with van der Waals surface area (Å²) in [6.07, 6.45) is 2.03. The molecule has 0 spiro atoms. The van der Waals surface area contributed by atoms with Crippen LogP contribution in [0.25, 0.3) is 0 Å². The van der Waals surface area contributed by atoms with Crippen LogP contribution in [0.3, 0.4) is 0 Å². The molecule has 0 unspecified atom stereocenters. The normalized spacial score (nSPS) is 24.6. The number of aryl methyl sites for hydroxylation is 2. The Balaban J connectivity index is 2.06. The Labute approximate surface area is 114 Å². The molecule has 1 heterocycles. The van der Waals surface area contributed by atoms with Crippen LogP contribution < -0.4 is 5.32 Å². The van der Waals surface area contributed by atoms with Crippen LogP contribution in [0.4, 0.5) is 5.69 Å². The van der Waals surface area contributed by atoms with Crippen molar-refractivity contribution in [3.63, 3.8) is 0 Å². The van der Waals surface area contributed by atoms with E-state index in [4.69, 9.17) is 0 Å². The monoisotopic (exact) mass is 315 g/mol. The summed E-state index contributed by atoms with van der Waals surface area (Å²) >= 11 is 3.58. The van der Waals surface area contributed by atoms with E-state index in [0.717, 1.165) is 24.3 Å². The highest BCUT2D eigenvalue weighted by molar-refractivity contribution is 9.10. The Morgan fingerprint density at radius 3 is 2.29 bits per heavy atom. The van der Waals surface area contributed by atoms with Crippen molar-refractivity contribution in [1.29, 1.82) is 0 Å². The molecule has 1 aromatic carbocycles. The third-order valence-electron chi connectivity index (χ3n) is 3.20. The van der Waals surface area contributed by atoms with E-state index in [0.29, 0.717) is 6.04 Å². The smallest absolute Gasteiger partial charge is 0.0348 e. The summed E-state index contributed by atoms with van der Waals surface area (Å²) in [7, 11) is -0.579. The fourth-order valence-corrected chi connectivity index (χ4v) is 3.73. The molecule has 1 saturated heterocycles. The number of hydrogen-bond donors (Lipinski definition) is 1. The zero-order chi connectivity index (χ0) is 12.4. The third-order valence-corrected chi connectivity index (χ3v) is 5.83. The number of rotatable bonds is 2. The molecule has 1 N–H and O–H groups in total. The van der Waals surface area contributed by atoms with Crippen LogP contribution in [0.15, 0.2) is 16.6 Å². The van der Waals surface area contributed by atoms with Crippen molar-refractivity contribution in [1.82, 2.24) is 0 Å². The van der Waals surface area contributed by atoms with E-state index in [9.17, 15) is 4.21 Å². The lowest BCUT2D eigenvalue weighted by Gasteiger charge is -2.24. The lowest BCUT2D eigenvalue weighted by molar-refractivity contribution is 0.624. The molecule has 94 valence electrons. The van der Waals surface area contributed by atoms with E-state index in [2.05, 4.69) is 47.2 Å². The molecule has 1 aliphatic heterocycles. The van der Waals surface area contributed by atoms with Gasteiger partial charge >= 0.3 is 0 Å². The van der Waals surface area contributed by atoms with Gasteiger partial charge in [0.05, 0.1) is 0 Å². The third kappa shape index (κ3) is 3.32. The lowest BCUT2D eigenvalue weighted by Crippen LogP contribution is -2.29. The highest BCUT2D eigenvalue weighted by Crippen LogP contribution is 2.26. The van der Waals surface area contributed by atoms with E-state index in [-0.39, 0.29) is 0 Å². The van der Waals surface area contributed by atoms with Gasteiger partial charge in [-0.1, -0.05) is 15.9 Å². The average molecular weight is 316 g/mol. The van der Waals surface area contributed by atoms with Gasteiger partial charge in [0.15, 0.2) is 0 Å². The molecule has 0 amide bonds. The van der Waals surface area contributed by atoms with Gasteiger partial charge in [0.25, 0.3) is 0 Å². The van der Waals surface area contributed by atoms with Gasteiger partial charge < -0.3 is 5.32 Å². The van der Waals surface area contributed by atoms with Crippen LogP contribution in [0.1, 0.15) is 24.0 Å². The minimum absolute atomic E-state index is 0.479. The van der Waals surface area contributed by atoms with Crippen molar-refractivity contribution < 1.29 is 4.21 Å². The van der Waals surface area contributed by atoms with Gasteiger partial charge in [-0.2, -0.15) is 0 Å². The Morgan fingerprint density at radius 1 is 1.24 bits per heavy atom. The maximum absolute atomic E-state index is 11.3. The zero-order valence-electron chi connectivity index (χ0n) is 10.3. The molecule has 0 saturated carbocycles. The first-order chi connectivity index (χ1) is 8.06. The maximum Gasteiger partial charge on any atom is 0.0348 e. The average Bonchev–Trinajstić information content (AvgIpc) is 2.29. The SMILES string of the molecule is Cc1cc(NC2CCS(=O)CC2)cc(C)c1Br. The van der Waals surface area contributed by atoms with Crippen LogP contribution in [-0.4, -0.2) is 21.8 Å². The van der Waals surface area contributed by atoms with Crippen molar-refractivity contribution in [3.8, 4) is 0 Å². The van der Waals surface area contributed by atoms with E-state index in [1.165, 1.54) is 21.3 Å². The Bertz CT molecular complexity index is 414. The van der Waals surface area contributed by atoms with Crippen molar-refractivity contribution >= 4 is 32.4 Å². The molecule has 0 radical (unpaired) electrons. The number of anilines is 1. The summed E-state index contributed by atoms with van der Waals surface area (Å²) in [5, 5.41) is 3.56. The first-order valence-electron chi connectivity index (χ1n) is 5.94. The Morgan fingerprint density at radius 2 is 1.76 bits per heavy atom. The Hall–Kier alpha value is -0.350. The van der Waals surface area contributed by atoms with E-state index in [1.54, 1.807) is 0 Å². The van der Waals surface area contributed by atoms with Gasteiger partial charge in [-0.15, -0.1) is 0 Å². The summed E-state index contributed by atoms with van der Waals surface area (Å²) < 4.78 is 12.5. The standard InChI is InChI=1S/C13H18BrNOS/c1-9-7-12(8-10(2)13(9)14)15-11-3-5-17(16)6-4-11/h7-8,11,15H,3-6H2,1-2H3. The molecule has 2 nitrogen and oxygen atoms in total. The predicted octanol–water partition coefficient (Wildman–Crippen LogP) is 3.39. The fraction of sp³-hybridized carbons (Fsp3) is 0.538. The molecule has 0 bridgehead atoms. The first kappa shape index (κ1) is 13.1. The molecular formula is C13H18BrNOS. The predicted molar refractivity (Wildman–Crippen MR) is 78.1 cm³/mol. The fourth-order valence-electron chi connectivity index (χ4n) is 2.20. The second-order valence-corrected chi connectivity index (χ2v) is 7.18. The molecule has 0 atom stereocenters. The minimum Gasteiger partial charge on any atom is -0.382 e. The highest BCUT2D eigenvalue weighted by atomic mass is 79.9. The number of benzene rings is 1. The quantitative estimate of drug-likeness (QED) is 0.906. The van der Waals surface area contributed by atoms with Gasteiger partial charge in [-0.25, -0.2) is 0 Å². The maximum atomic E-state index is 11.3. The summed E-state index contributed by atoms with van der Waals surface area (Å²) in [5.74, 6) is 1.68. The summed E-state index contributed by atoms with van der Waals surface area (Å²) in [6.45, 7) is 4.22. The van der Waals surface area contributed by atoms with Crippen LogP contribution in [-0.2, 0) is 10.8 Å². The molecule has 0 aromatic heterocycles. The van der Waals surface area contributed by atoms with Gasteiger partial charge in [0.1, 0.15) is 0 Å². The highest BCUT2D eigenvalue weighted by Gasteiger charge is 2.17. The van der Waals surface area contributed by atoms with Gasteiger partial charge in [-0.05, 0) is 49.9 Å². The molecule has 17 heavy (non-hydrogen) atoms. The molecular weight excluding hydrogens is 298 g/mol. The lowest BCUT2D eigenvalue weighted by atomic mass is 10.1. The molecule has 4 heteroatoms. The van der Waals surface area contributed by atoms with E-state index >= 15 is 0 Å². The topological polar surface area (TPSA) is 29.1 Å². The van der Waals surface area contributed by atoms with Crippen LogP contribution >= 0.6 is 15.9 Å². The van der Waals surface area contributed by atoms with Crippen molar-refractivity contribution in [2.45, 2.75) is 32.7 Å². The first-order valence-corrected chi connectivity index (χ1v) is 8.22. The van der Waals surface area contributed by atoms with Crippen molar-refractivity contribution in [3.05, 3.63) is 27.7 Å². The molecule has 1 aliphatic rings. The van der Waals surface area contributed by atoms with Gasteiger partial charge in [0.2, 0.25) is 0 Å². The van der Waals surface area contributed by atoms with Crippen LogP contribution in [0, 0.1) is 13.8 Å². The Kier molecular flexibility index (Phi) is 4.26. The molecule has 1 aromatic rings. The van der Waals surface area contributed by atoms with Gasteiger partial charge in [-0.3, -0.25) is 4.21 Å². The number of hydrogen-bond acceptors (Lipinski definition) is 2. The van der Waals surface area contributed by atoms with Crippen molar-refractivity contribution in [2.75, 3.05) is 16.8 Å². The number of nitrogens with one attached hydrogen (secondary N) is 1. The van der Waals surface area contributed by atoms with Crippen molar-refractivity contribution in [2.24, 2.45) is 0 Å². The number of halogens is 1. The van der Waals surface area contributed by atoms with Gasteiger partial charge in [0, 0.05) is 38.5 Å².